The Bertz CT molecular complexity index is 256. The van der Waals surface area contributed by atoms with Crippen molar-refractivity contribution in [2.75, 3.05) is 39.3 Å². The maximum Gasteiger partial charge on any atom is 0.0585 e. The van der Waals surface area contributed by atoms with Crippen LogP contribution in [0, 0.1) is 17.8 Å². The smallest absolute Gasteiger partial charge is 0.0585 e. The van der Waals surface area contributed by atoms with Crippen LogP contribution in [0.5, 0.6) is 0 Å². The van der Waals surface area contributed by atoms with Gasteiger partial charge in [-0.2, -0.15) is 0 Å². The lowest BCUT2D eigenvalue weighted by Crippen LogP contribution is -2.43. The predicted molar refractivity (Wildman–Crippen MR) is 91.6 cm³/mol. The summed E-state index contributed by atoms with van der Waals surface area (Å²) in [5.41, 5.74) is 0. The molecule has 0 radical (unpaired) electrons. The van der Waals surface area contributed by atoms with E-state index in [0.717, 1.165) is 32.6 Å². The highest BCUT2D eigenvalue weighted by Gasteiger charge is 2.33. The van der Waals surface area contributed by atoms with E-state index in [4.69, 9.17) is 0 Å². The van der Waals surface area contributed by atoms with Crippen LogP contribution in [0.15, 0.2) is 0 Å². The Kier molecular flexibility index (Phi) is 8.84. The molecule has 21 heavy (non-hydrogen) atoms. The second kappa shape index (κ2) is 9.81. The van der Waals surface area contributed by atoms with Crippen molar-refractivity contribution in [2.24, 2.45) is 17.8 Å². The van der Waals surface area contributed by atoms with Gasteiger partial charge in [0.2, 0.25) is 0 Å². The van der Waals surface area contributed by atoms with Crippen LogP contribution in [0.1, 0.15) is 53.9 Å². The third-order valence-electron chi connectivity index (χ3n) is 5.40. The molecule has 4 atom stereocenters. The van der Waals surface area contributed by atoms with Crippen molar-refractivity contribution >= 4 is 0 Å². The van der Waals surface area contributed by atoms with E-state index in [-0.39, 0.29) is 6.10 Å². The van der Waals surface area contributed by atoms with E-state index < -0.39 is 0 Å². The molecule has 1 aliphatic carbocycles. The van der Waals surface area contributed by atoms with Gasteiger partial charge in [-0.1, -0.05) is 34.6 Å². The number of hydrogen-bond donors (Lipinski definition) is 1. The van der Waals surface area contributed by atoms with Gasteiger partial charge < -0.3 is 14.9 Å². The first-order valence-corrected chi connectivity index (χ1v) is 9.14. The first-order chi connectivity index (χ1) is 10.0. The molecule has 3 nitrogen and oxygen atoms in total. The molecule has 0 bridgehead atoms. The Labute approximate surface area is 132 Å². The van der Waals surface area contributed by atoms with Gasteiger partial charge in [0.15, 0.2) is 0 Å². The Hall–Kier alpha value is -0.120. The summed E-state index contributed by atoms with van der Waals surface area (Å²) >= 11 is 0. The van der Waals surface area contributed by atoms with Gasteiger partial charge in [0.05, 0.1) is 6.10 Å². The lowest BCUT2D eigenvalue weighted by Gasteiger charge is -2.39. The zero-order valence-corrected chi connectivity index (χ0v) is 15.0. The van der Waals surface area contributed by atoms with Crippen LogP contribution in [0.3, 0.4) is 0 Å². The Morgan fingerprint density at radius 2 is 1.48 bits per heavy atom. The molecule has 3 heteroatoms. The van der Waals surface area contributed by atoms with Crippen molar-refractivity contribution < 1.29 is 5.11 Å². The predicted octanol–water partition coefficient (Wildman–Crippen LogP) is 3.08. The zero-order chi connectivity index (χ0) is 15.8. The number of nitrogens with zero attached hydrogens (tertiary/aromatic N) is 2. The summed E-state index contributed by atoms with van der Waals surface area (Å²) in [6, 6.07) is 0. The van der Waals surface area contributed by atoms with Crippen molar-refractivity contribution in [3.05, 3.63) is 0 Å². The van der Waals surface area contributed by atoms with Gasteiger partial charge in [-0.3, -0.25) is 0 Å². The first kappa shape index (κ1) is 18.9. The molecule has 0 amide bonds. The monoisotopic (exact) mass is 298 g/mol. The Morgan fingerprint density at radius 3 is 2.00 bits per heavy atom. The largest absolute Gasteiger partial charge is 0.393 e. The number of hydrogen-bond acceptors (Lipinski definition) is 3. The molecule has 0 aromatic carbocycles. The van der Waals surface area contributed by atoms with Gasteiger partial charge in [0.25, 0.3) is 0 Å². The summed E-state index contributed by atoms with van der Waals surface area (Å²) in [7, 11) is 0. The van der Waals surface area contributed by atoms with E-state index in [1.807, 2.05) is 0 Å². The summed E-state index contributed by atoms with van der Waals surface area (Å²) in [4.78, 5) is 5.04. The van der Waals surface area contributed by atoms with Crippen molar-refractivity contribution in [1.29, 1.82) is 0 Å². The fourth-order valence-corrected chi connectivity index (χ4v) is 3.91. The van der Waals surface area contributed by atoms with E-state index in [1.165, 1.54) is 25.9 Å². The Morgan fingerprint density at radius 1 is 0.905 bits per heavy atom. The normalized spacial score (nSPS) is 30.3. The van der Waals surface area contributed by atoms with Crippen LogP contribution in [-0.4, -0.2) is 60.3 Å². The second-order valence-corrected chi connectivity index (χ2v) is 7.06. The van der Waals surface area contributed by atoms with Gasteiger partial charge in [0.1, 0.15) is 0 Å². The highest BCUT2D eigenvalue weighted by atomic mass is 16.3. The molecule has 0 aliphatic heterocycles. The molecule has 4 unspecified atom stereocenters. The average molecular weight is 299 g/mol. The SMILES string of the molecule is CCN(CC)CCCN(CC)CC1C(C)CC(C)CC1O. The summed E-state index contributed by atoms with van der Waals surface area (Å²) in [6.45, 7) is 18.2. The summed E-state index contributed by atoms with van der Waals surface area (Å²) in [6.07, 6.45) is 3.41. The van der Waals surface area contributed by atoms with Crippen LogP contribution < -0.4 is 0 Å². The fourth-order valence-electron chi connectivity index (χ4n) is 3.91. The molecule has 0 aromatic heterocycles. The van der Waals surface area contributed by atoms with Crippen molar-refractivity contribution in [3.63, 3.8) is 0 Å². The van der Waals surface area contributed by atoms with Crippen molar-refractivity contribution in [1.82, 2.24) is 9.80 Å². The minimum atomic E-state index is -0.0967. The van der Waals surface area contributed by atoms with Crippen molar-refractivity contribution in [2.45, 2.75) is 60.0 Å². The molecule has 0 aromatic rings. The highest BCUT2D eigenvalue weighted by molar-refractivity contribution is 4.84. The number of aliphatic hydroxyl groups is 1. The lowest BCUT2D eigenvalue weighted by molar-refractivity contribution is -0.00169. The summed E-state index contributed by atoms with van der Waals surface area (Å²) in [5, 5.41) is 10.4. The summed E-state index contributed by atoms with van der Waals surface area (Å²) < 4.78 is 0. The molecule has 0 saturated heterocycles. The van der Waals surface area contributed by atoms with Crippen LogP contribution in [0.4, 0.5) is 0 Å². The minimum Gasteiger partial charge on any atom is -0.393 e. The summed E-state index contributed by atoms with van der Waals surface area (Å²) in [5.74, 6) is 1.80. The van der Waals surface area contributed by atoms with Crippen LogP contribution in [0.25, 0.3) is 0 Å². The van der Waals surface area contributed by atoms with Gasteiger partial charge in [-0.25, -0.2) is 0 Å². The zero-order valence-electron chi connectivity index (χ0n) is 15.0. The first-order valence-electron chi connectivity index (χ1n) is 9.14. The number of rotatable bonds is 9. The molecule has 1 saturated carbocycles. The lowest BCUT2D eigenvalue weighted by atomic mass is 9.73. The molecule has 0 spiro atoms. The molecule has 1 fully saturated rings. The molecule has 1 N–H and O–H groups in total. The third-order valence-corrected chi connectivity index (χ3v) is 5.40. The molecular weight excluding hydrogens is 260 g/mol. The van der Waals surface area contributed by atoms with Gasteiger partial charge in [-0.05, 0) is 63.8 Å². The van der Waals surface area contributed by atoms with Crippen LogP contribution >= 0.6 is 0 Å². The van der Waals surface area contributed by atoms with Crippen LogP contribution in [-0.2, 0) is 0 Å². The van der Waals surface area contributed by atoms with E-state index in [9.17, 15) is 5.11 Å². The minimum absolute atomic E-state index is 0.0967. The average Bonchev–Trinajstić information content (AvgIpc) is 2.45. The molecule has 1 rings (SSSR count). The molecule has 126 valence electrons. The fraction of sp³-hybridized carbons (Fsp3) is 1.00. The van der Waals surface area contributed by atoms with Crippen molar-refractivity contribution in [3.8, 4) is 0 Å². The van der Waals surface area contributed by atoms with E-state index in [2.05, 4.69) is 44.4 Å². The third kappa shape index (κ3) is 6.25. The Balaban J connectivity index is 2.38. The van der Waals surface area contributed by atoms with E-state index in [0.29, 0.717) is 17.8 Å². The molecule has 0 heterocycles. The van der Waals surface area contributed by atoms with Gasteiger partial charge >= 0.3 is 0 Å². The van der Waals surface area contributed by atoms with Gasteiger partial charge in [0, 0.05) is 12.5 Å². The quantitative estimate of drug-likeness (QED) is 0.708. The molecular formula is C18H38N2O. The maximum absolute atomic E-state index is 10.4. The van der Waals surface area contributed by atoms with E-state index in [1.54, 1.807) is 0 Å². The van der Waals surface area contributed by atoms with E-state index >= 15 is 0 Å². The highest BCUT2D eigenvalue weighted by Crippen LogP contribution is 2.34. The second-order valence-electron chi connectivity index (χ2n) is 7.06. The maximum atomic E-state index is 10.4. The van der Waals surface area contributed by atoms with Crippen LogP contribution in [0.2, 0.25) is 0 Å². The molecule has 1 aliphatic rings. The number of aliphatic hydroxyl groups excluding tert-OH is 1. The van der Waals surface area contributed by atoms with Gasteiger partial charge in [-0.15, -0.1) is 0 Å². The topological polar surface area (TPSA) is 26.7 Å². The standard InChI is InChI=1S/C18H38N2O/c1-6-19(7-2)10-9-11-20(8-3)14-17-16(5)12-15(4)13-18(17)21/h15-18,21H,6-14H2,1-5H3.